The molecule has 2 aliphatic rings. The van der Waals surface area contributed by atoms with Gasteiger partial charge >= 0.3 is 0 Å². The molecule has 5 nitrogen and oxygen atoms in total. The molecule has 2 unspecified atom stereocenters. The van der Waals surface area contributed by atoms with Crippen LogP contribution in [0, 0.1) is 0 Å². The van der Waals surface area contributed by atoms with Gasteiger partial charge in [-0.1, -0.05) is 12.1 Å². The van der Waals surface area contributed by atoms with E-state index in [9.17, 15) is 9.59 Å². The second-order valence-electron chi connectivity index (χ2n) is 7.81. The van der Waals surface area contributed by atoms with Crippen molar-refractivity contribution in [3.63, 3.8) is 0 Å². The van der Waals surface area contributed by atoms with E-state index in [1.54, 1.807) is 12.1 Å². The molecule has 27 heavy (non-hydrogen) atoms. The number of benzene rings is 2. The van der Waals surface area contributed by atoms with Crippen molar-refractivity contribution in [2.75, 3.05) is 23.3 Å². The molecule has 5 heteroatoms. The summed E-state index contributed by atoms with van der Waals surface area (Å²) in [6.07, 6.45) is 3.82. The van der Waals surface area contributed by atoms with E-state index >= 15 is 0 Å². The average Bonchev–Trinajstić information content (AvgIpc) is 3.22. The van der Waals surface area contributed by atoms with Crippen LogP contribution in [0.1, 0.15) is 53.7 Å². The maximum absolute atomic E-state index is 12.4. The lowest BCUT2D eigenvalue weighted by Gasteiger charge is -2.39. The number of nitrogens with zero attached hydrogens (tertiary/aromatic N) is 1. The van der Waals surface area contributed by atoms with Crippen LogP contribution < -0.4 is 16.0 Å². The number of nitrogens with one attached hydrogen (secondary N) is 1. The average molecular weight is 363 g/mol. The van der Waals surface area contributed by atoms with E-state index in [0.29, 0.717) is 12.0 Å². The Morgan fingerprint density at radius 3 is 2.70 bits per heavy atom. The van der Waals surface area contributed by atoms with Gasteiger partial charge in [0.05, 0.1) is 11.5 Å². The number of fused-ring (bicyclic) bond motifs is 1. The third kappa shape index (κ3) is 3.07. The molecule has 1 saturated heterocycles. The maximum Gasteiger partial charge on any atom is 0.227 e. The Morgan fingerprint density at radius 2 is 2.00 bits per heavy atom. The second-order valence-corrected chi connectivity index (χ2v) is 7.81. The first-order valence-electron chi connectivity index (χ1n) is 9.52. The molecule has 2 heterocycles. The fourth-order valence-corrected chi connectivity index (χ4v) is 4.32. The third-order valence-electron chi connectivity index (χ3n) is 6.00. The molecule has 0 bridgehead atoms. The highest BCUT2D eigenvalue weighted by atomic mass is 16.1. The summed E-state index contributed by atoms with van der Waals surface area (Å²) in [6.45, 7) is 4.07. The van der Waals surface area contributed by atoms with Crippen LogP contribution in [0.25, 0.3) is 0 Å². The van der Waals surface area contributed by atoms with Gasteiger partial charge in [-0.3, -0.25) is 9.59 Å². The van der Waals surface area contributed by atoms with E-state index in [-0.39, 0.29) is 11.9 Å². The standard InChI is InChI=1S/C22H25N3O2/c1-22(21(23)27)13-20(24-19-8-7-15(14-26)11-18(19)22)16-5-4-6-17(12-16)25-9-2-3-10-25/h4-8,11-12,14,20,24H,2-3,9-10,13H2,1H3,(H2,23,27). The monoisotopic (exact) mass is 363 g/mol. The zero-order valence-corrected chi connectivity index (χ0v) is 15.6. The molecule has 0 radical (unpaired) electrons. The molecule has 2 atom stereocenters. The van der Waals surface area contributed by atoms with Crippen molar-refractivity contribution in [2.24, 2.45) is 5.73 Å². The minimum absolute atomic E-state index is 0.0142. The topological polar surface area (TPSA) is 75.4 Å². The van der Waals surface area contributed by atoms with Crippen LogP contribution in [-0.4, -0.2) is 25.3 Å². The van der Waals surface area contributed by atoms with Gasteiger partial charge in [-0.2, -0.15) is 0 Å². The second kappa shape index (κ2) is 6.72. The van der Waals surface area contributed by atoms with E-state index in [1.165, 1.54) is 18.5 Å². The lowest BCUT2D eigenvalue weighted by Crippen LogP contribution is -2.44. The van der Waals surface area contributed by atoms with E-state index in [1.807, 2.05) is 13.0 Å². The normalized spacial score (nSPS) is 24.2. The SMILES string of the molecule is CC1(C(N)=O)CC(c2cccc(N3CCCC3)c2)Nc2ccc(C=O)cc21. The van der Waals surface area contributed by atoms with Gasteiger partial charge in [-0.15, -0.1) is 0 Å². The molecular weight excluding hydrogens is 338 g/mol. The highest BCUT2D eigenvalue weighted by Crippen LogP contribution is 2.44. The molecule has 1 amide bonds. The van der Waals surface area contributed by atoms with Gasteiger partial charge in [-0.25, -0.2) is 0 Å². The van der Waals surface area contributed by atoms with Crippen LogP contribution in [0.5, 0.6) is 0 Å². The number of anilines is 2. The molecule has 2 aromatic rings. The molecule has 3 N–H and O–H groups in total. The Bertz CT molecular complexity index is 889. The van der Waals surface area contributed by atoms with E-state index < -0.39 is 5.41 Å². The van der Waals surface area contributed by atoms with Crippen molar-refractivity contribution in [1.29, 1.82) is 0 Å². The molecule has 2 aromatic carbocycles. The fraction of sp³-hybridized carbons (Fsp3) is 0.364. The molecule has 0 aliphatic carbocycles. The third-order valence-corrected chi connectivity index (χ3v) is 6.00. The lowest BCUT2D eigenvalue weighted by atomic mass is 9.71. The van der Waals surface area contributed by atoms with Gasteiger partial charge in [0.2, 0.25) is 5.91 Å². The van der Waals surface area contributed by atoms with Gasteiger partial charge < -0.3 is 16.0 Å². The Morgan fingerprint density at radius 1 is 1.22 bits per heavy atom. The van der Waals surface area contributed by atoms with Crippen LogP contribution in [0.4, 0.5) is 11.4 Å². The maximum atomic E-state index is 12.4. The van der Waals surface area contributed by atoms with Gasteiger partial charge in [0.15, 0.2) is 0 Å². The summed E-state index contributed by atoms with van der Waals surface area (Å²) >= 11 is 0. The smallest absolute Gasteiger partial charge is 0.227 e. The number of primary amides is 1. The van der Waals surface area contributed by atoms with Crippen molar-refractivity contribution in [3.05, 3.63) is 59.2 Å². The number of aldehydes is 1. The quantitative estimate of drug-likeness (QED) is 0.817. The van der Waals surface area contributed by atoms with E-state index in [2.05, 4.69) is 34.5 Å². The molecule has 0 spiro atoms. The first-order valence-corrected chi connectivity index (χ1v) is 9.52. The van der Waals surface area contributed by atoms with Crippen molar-refractivity contribution in [3.8, 4) is 0 Å². The number of carbonyl (C=O) groups excluding carboxylic acids is 2. The lowest BCUT2D eigenvalue weighted by molar-refractivity contribution is -0.123. The number of hydrogen-bond donors (Lipinski definition) is 2. The van der Waals surface area contributed by atoms with Gasteiger partial charge in [0.1, 0.15) is 6.29 Å². The number of hydrogen-bond acceptors (Lipinski definition) is 4. The zero-order valence-electron chi connectivity index (χ0n) is 15.6. The van der Waals surface area contributed by atoms with Crippen molar-refractivity contribution in [1.82, 2.24) is 0 Å². The fourth-order valence-electron chi connectivity index (χ4n) is 4.32. The Hall–Kier alpha value is -2.82. The van der Waals surface area contributed by atoms with Crippen molar-refractivity contribution in [2.45, 2.75) is 37.6 Å². The molecular formula is C22H25N3O2. The predicted octanol–water partition coefficient (Wildman–Crippen LogP) is 3.40. The highest BCUT2D eigenvalue weighted by Gasteiger charge is 2.42. The number of nitrogens with two attached hydrogens (primary N) is 1. The van der Waals surface area contributed by atoms with Gasteiger partial charge in [0.25, 0.3) is 0 Å². The molecule has 140 valence electrons. The zero-order chi connectivity index (χ0) is 19.0. The van der Waals surface area contributed by atoms with Crippen LogP contribution in [-0.2, 0) is 10.2 Å². The molecule has 4 rings (SSSR count). The van der Waals surface area contributed by atoms with E-state index in [4.69, 9.17) is 5.73 Å². The summed E-state index contributed by atoms with van der Waals surface area (Å²) in [5.41, 5.74) is 9.59. The van der Waals surface area contributed by atoms with Crippen LogP contribution in [0.3, 0.4) is 0 Å². The molecule has 2 aliphatic heterocycles. The minimum Gasteiger partial charge on any atom is -0.378 e. The molecule has 0 aromatic heterocycles. The van der Waals surface area contributed by atoms with E-state index in [0.717, 1.165) is 36.2 Å². The summed E-state index contributed by atoms with van der Waals surface area (Å²) in [4.78, 5) is 26.0. The number of amides is 1. The van der Waals surface area contributed by atoms with Crippen LogP contribution in [0.15, 0.2) is 42.5 Å². The Balaban J connectivity index is 1.72. The van der Waals surface area contributed by atoms with Crippen molar-refractivity contribution < 1.29 is 9.59 Å². The summed E-state index contributed by atoms with van der Waals surface area (Å²) in [6, 6.07) is 13.9. The molecule has 1 fully saturated rings. The van der Waals surface area contributed by atoms with Gasteiger partial charge in [0, 0.05) is 30.0 Å². The first kappa shape index (κ1) is 17.6. The highest BCUT2D eigenvalue weighted by molar-refractivity contribution is 5.90. The Labute approximate surface area is 159 Å². The van der Waals surface area contributed by atoms with Gasteiger partial charge in [-0.05, 0) is 67.6 Å². The molecule has 0 saturated carbocycles. The summed E-state index contributed by atoms with van der Waals surface area (Å²) in [5.74, 6) is -0.367. The summed E-state index contributed by atoms with van der Waals surface area (Å²) < 4.78 is 0. The largest absolute Gasteiger partial charge is 0.378 e. The predicted molar refractivity (Wildman–Crippen MR) is 107 cm³/mol. The van der Waals surface area contributed by atoms with Crippen LogP contribution in [0.2, 0.25) is 0 Å². The summed E-state index contributed by atoms with van der Waals surface area (Å²) in [7, 11) is 0. The number of rotatable bonds is 4. The Kier molecular flexibility index (Phi) is 4.38. The van der Waals surface area contributed by atoms with Crippen molar-refractivity contribution >= 4 is 23.6 Å². The number of carbonyl (C=O) groups is 2. The first-order chi connectivity index (χ1) is 13.0. The minimum atomic E-state index is -0.825. The summed E-state index contributed by atoms with van der Waals surface area (Å²) in [5, 5.41) is 3.55. The van der Waals surface area contributed by atoms with Crippen LogP contribution >= 0.6 is 0 Å².